The molecule has 1 heterocycles. The number of anilines is 1. The van der Waals surface area contributed by atoms with E-state index in [0.717, 1.165) is 0 Å². The quantitative estimate of drug-likeness (QED) is 0.623. The van der Waals surface area contributed by atoms with Crippen molar-refractivity contribution in [3.63, 3.8) is 0 Å². The molecular weight excluding hydrogens is 245 g/mol. The molecule has 0 aliphatic heterocycles. The molecule has 0 aliphatic rings. The van der Waals surface area contributed by atoms with Crippen molar-refractivity contribution in [3.05, 3.63) is 21.9 Å². The second kappa shape index (κ2) is 4.12. The molecule has 0 amide bonds. The Morgan fingerprint density at radius 3 is 2.59 bits per heavy atom. The van der Waals surface area contributed by atoms with Crippen molar-refractivity contribution in [2.24, 2.45) is 0 Å². The number of alkyl halides is 3. The minimum Gasteiger partial charge on any atom is -0.395 e. The smallest absolute Gasteiger partial charge is 0.395 e. The number of pyridine rings is 1. The van der Waals surface area contributed by atoms with Crippen molar-refractivity contribution in [2.45, 2.75) is 6.36 Å². The summed E-state index contributed by atoms with van der Waals surface area (Å²) in [5, 5.41) is 19.0. The lowest BCUT2D eigenvalue weighted by Gasteiger charge is -2.10. The highest BCUT2D eigenvalue weighted by molar-refractivity contribution is 5.58. The first-order valence-electron chi connectivity index (χ1n) is 3.85. The lowest BCUT2D eigenvalue weighted by Crippen LogP contribution is -2.19. The molecule has 0 aromatic carbocycles. The fourth-order valence-corrected chi connectivity index (χ4v) is 0.967. The molecule has 0 unspecified atom stereocenters. The minimum absolute atomic E-state index is 0.456. The van der Waals surface area contributed by atoms with Crippen LogP contribution in [-0.4, -0.2) is 16.3 Å². The number of aromatic nitrogens is 1. The van der Waals surface area contributed by atoms with Crippen LogP contribution in [0.3, 0.4) is 0 Å². The predicted octanol–water partition coefficient (Wildman–Crippen LogP) is 1.34. The summed E-state index contributed by atoms with van der Waals surface area (Å²) in [6.07, 6.45) is -5.17. The summed E-state index contributed by atoms with van der Waals surface area (Å²) < 4.78 is 39.4. The molecule has 7 nitrogen and oxygen atoms in total. The van der Waals surface area contributed by atoms with Crippen LogP contribution in [0.4, 0.5) is 24.7 Å². The molecule has 2 N–H and O–H groups in total. The van der Waals surface area contributed by atoms with Crippen LogP contribution < -0.4 is 10.5 Å². The molecule has 0 bridgehead atoms. The molecular formula is C7H3F3N4O3. The fourth-order valence-electron chi connectivity index (χ4n) is 0.967. The van der Waals surface area contributed by atoms with Crippen molar-refractivity contribution < 1.29 is 22.8 Å². The first kappa shape index (κ1) is 12.5. The summed E-state index contributed by atoms with van der Waals surface area (Å²) in [6.45, 7) is 0. The van der Waals surface area contributed by atoms with Gasteiger partial charge in [-0.25, -0.2) is 4.98 Å². The Labute approximate surface area is 91.4 Å². The number of rotatable bonds is 2. The molecule has 1 rings (SSSR count). The first-order chi connectivity index (χ1) is 7.74. The Hall–Kier alpha value is -2.57. The van der Waals surface area contributed by atoms with E-state index in [-0.39, 0.29) is 0 Å². The third-order valence-electron chi connectivity index (χ3n) is 1.49. The molecule has 90 valence electrons. The van der Waals surface area contributed by atoms with Gasteiger partial charge in [-0.15, -0.1) is 13.2 Å². The van der Waals surface area contributed by atoms with Gasteiger partial charge < -0.3 is 10.5 Å². The van der Waals surface area contributed by atoms with Gasteiger partial charge in [0.15, 0.2) is 5.69 Å². The van der Waals surface area contributed by atoms with Gasteiger partial charge >= 0.3 is 12.0 Å². The number of halogens is 3. The van der Waals surface area contributed by atoms with Crippen LogP contribution in [0.2, 0.25) is 0 Å². The van der Waals surface area contributed by atoms with Gasteiger partial charge in [-0.2, -0.15) is 5.26 Å². The molecule has 0 radical (unpaired) electrons. The van der Waals surface area contributed by atoms with Crippen LogP contribution in [0.5, 0.6) is 5.75 Å². The van der Waals surface area contributed by atoms with Crippen molar-refractivity contribution >= 4 is 11.5 Å². The highest BCUT2D eigenvalue weighted by Crippen LogP contribution is 2.35. The molecule has 1 aromatic rings. The average Bonchev–Trinajstić information content (AvgIpc) is 2.17. The zero-order valence-corrected chi connectivity index (χ0v) is 7.85. The summed E-state index contributed by atoms with van der Waals surface area (Å²) in [6, 6.07) is 1.81. The van der Waals surface area contributed by atoms with E-state index in [4.69, 9.17) is 11.0 Å². The standard InChI is InChI=1S/C7H3F3N4O3/c8-7(9,10)17-6-3(2-11)13-5(12)1-4(6)14(15)16/h1H,(H2,12,13). The van der Waals surface area contributed by atoms with Crippen LogP contribution >= 0.6 is 0 Å². The minimum atomic E-state index is -5.17. The van der Waals surface area contributed by atoms with E-state index in [2.05, 4.69) is 9.72 Å². The molecule has 0 saturated heterocycles. The fraction of sp³-hybridized carbons (Fsp3) is 0.143. The van der Waals surface area contributed by atoms with Gasteiger partial charge in [-0.1, -0.05) is 0 Å². The number of nitrogens with zero attached hydrogens (tertiary/aromatic N) is 3. The first-order valence-corrected chi connectivity index (χ1v) is 3.85. The van der Waals surface area contributed by atoms with E-state index in [1.807, 2.05) is 0 Å². The van der Waals surface area contributed by atoms with Crippen LogP contribution in [-0.2, 0) is 0 Å². The summed E-state index contributed by atoms with van der Waals surface area (Å²) in [4.78, 5) is 12.5. The van der Waals surface area contributed by atoms with E-state index in [1.165, 1.54) is 6.07 Å². The van der Waals surface area contributed by atoms with Crippen LogP contribution in [0.1, 0.15) is 5.69 Å². The number of ether oxygens (including phenoxy) is 1. The zero-order valence-electron chi connectivity index (χ0n) is 7.85. The van der Waals surface area contributed by atoms with Crippen molar-refractivity contribution in [3.8, 4) is 11.8 Å². The summed E-state index contributed by atoms with van der Waals surface area (Å²) in [5.41, 5.74) is 3.12. The summed E-state index contributed by atoms with van der Waals surface area (Å²) in [5.74, 6) is -1.73. The Bertz CT molecular complexity index is 508. The van der Waals surface area contributed by atoms with Crippen molar-refractivity contribution in [2.75, 3.05) is 5.73 Å². The zero-order chi connectivity index (χ0) is 13.2. The number of nitrogen functional groups attached to an aromatic ring is 1. The predicted molar refractivity (Wildman–Crippen MR) is 46.7 cm³/mol. The summed E-state index contributed by atoms with van der Waals surface area (Å²) in [7, 11) is 0. The number of nitriles is 1. The molecule has 17 heavy (non-hydrogen) atoms. The third kappa shape index (κ3) is 2.94. The second-order valence-electron chi connectivity index (χ2n) is 2.66. The topological polar surface area (TPSA) is 115 Å². The van der Waals surface area contributed by atoms with E-state index >= 15 is 0 Å². The maximum absolute atomic E-state index is 12.0. The third-order valence-corrected chi connectivity index (χ3v) is 1.49. The Kier molecular flexibility index (Phi) is 3.03. The highest BCUT2D eigenvalue weighted by Gasteiger charge is 2.37. The number of nitro groups is 1. The molecule has 1 aromatic heterocycles. The maximum atomic E-state index is 12.0. The summed E-state index contributed by atoms with van der Waals surface area (Å²) >= 11 is 0. The largest absolute Gasteiger partial charge is 0.573 e. The van der Waals surface area contributed by atoms with Crippen LogP contribution in [0, 0.1) is 21.4 Å². The van der Waals surface area contributed by atoms with Crippen molar-refractivity contribution in [1.82, 2.24) is 4.98 Å². The van der Waals surface area contributed by atoms with Gasteiger partial charge in [0.2, 0.25) is 5.75 Å². The molecule has 0 saturated carbocycles. The molecule has 0 atom stereocenters. The van der Waals surface area contributed by atoms with Crippen LogP contribution in [0.15, 0.2) is 6.07 Å². The van der Waals surface area contributed by atoms with E-state index in [9.17, 15) is 23.3 Å². The van der Waals surface area contributed by atoms with Gasteiger partial charge in [-0.05, 0) is 0 Å². The number of hydrogen-bond donors (Lipinski definition) is 1. The van der Waals surface area contributed by atoms with Crippen molar-refractivity contribution in [1.29, 1.82) is 5.26 Å². The van der Waals surface area contributed by atoms with Gasteiger partial charge in [0.25, 0.3) is 0 Å². The second-order valence-corrected chi connectivity index (χ2v) is 2.66. The van der Waals surface area contributed by atoms with Crippen LogP contribution in [0.25, 0.3) is 0 Å². The van der Waals surface area contributed by atoms with Gasteiger partial charge in [-0.3, -0.25) is 10.1 Å². The maximum Gasteiger partial charge on any atom is 0.573 e. The Balaban J connectivity index is 3.44. The lowest BCUT2D eigenvalue weighted by atomic mass is 10.3. The van der Waals surface area contributed by atoms with Gasteiger partial charge in [0, 0.05) is 0 Å². The normalized spacial score (nSPS) is 10.7. The molecule has 10 heteroatoms. The Morgan fingerprint density at radius 1 is 1.59 bits per heavy atom. The SMILES string of the molecule is N#Cc1nc(N)cc([N+](=O)[O-])c1OC(F)(F)F. The average molecular weight is 248 g/mol. The molecule has 0 fully saturated rings. The number of nitrogens with two attached hydrogens (primary N) is 1. The molecule has 0 spiro atoms. The van der Waals surface area contributed by atoms with E-state index < -0.39 is 34.2 Å². The van der Waals surface area contributed by atoms with E-state index in [1.54, 1.807) is 0 Å². The monoisotopic (exact) mass is 248 g/mol. The Morgan fingerprint density at radius 2 is 2.18 bits per heavy atom. The number of hydrogen-bond acceptors (Lipinski definition) is 6. The van der Waals surface area contributed by atoms with Gasteiger partial charge in [0.05, 0.1) is 11.0 Å². The van der Waals surface area contributed by atoms with Gasteiger partial charge in [0.1, 0.15) is 11.9 Å². The van der Waals surface area contributed by atoms with E-state index in [0.29, 0.717) is 6.07 Å². The highest BCUT2D eigenvalue weighted by atomic mass is 19.4. The molecule has 0 aliphatic carbocycles. The lowest BCUT2D eigenvalue weighted by molar-refractivity contribution is -0.388.